The van der Waals surface area contributed by atoms with Gasteiger partial charge in [-0.05, 0) is 35.4 Å². The van der Waals surface area contributed by atoms with Crippen molar-refractivity contribution in [1.82, 2.24) is 5.43 Å². The number of nitrogens with one attached hydrogen (secondary N) is 1. The molecule has 2 nitrogen and oxygen atoms in total. The number of halogens is 3. The van der Waals surface area contributed by atoms with Crippen molar-refractivity contribution in [2.24, 2.45) is 5.84 Å². The minimum Gasteiger partial charge on any atom is -0.271 e. The van der Waals surface area contributed by atoms with Crippen molar-refractivity contribution < 1.29 is 4.39 Å². The molecule has 1 unspecified atom stereocenters. The first-order valence-corrected chi connectivity index (χ1v) is 6.45. The van der Waals surface area contributed by atoms with Gasteiger partial charge in [-0.15, -0.1) is 0 Å². The molecule has 0 amide bonds. The van der Waals surface area contributed by atoms with Crippen LogP contribution in [0.1, 0.15) is 17.2 Å². The van der Waals surface area contributed by atoms with Gasteiger partial charge in [-0.25, -0.2) is 9.82 Å². The number of rotatable bonds is 3. The van der Waals surface area contributed by atoms with Crippen LogP contribution in [0.4, 0.5) is 4.39 Å². The summed E-state index contributed by atoms with van der Waals surface area (Å²) in [4.78, 5) is 0. The summed E-state index contributed by atoms with van der Waals surface area (Å²) >= 11 is 9.51. The second kappa shape index (κ2) is 5.80. The van der Waals surface area contributed by atoms with Crippen LogP contribution in [0.3, 0.4) is 0 Å². The summed E-state index contributed by atoms with van der Waals surface area (Å²) in [5.41, 5.74) is 4.18. The Hall–Kier alpha value is -0.940. The van der Waals surface area contributed by atoms with E-state index >= 15 is 0 Å². The van der Waals surface area contributed by atoms with Crippen LogP contribution in [-0.2, 0) is 0 Å². The molecule has 2 aromatic carbocycles. The summed E-state index contributed by atoms with van der Waals surface area (Å²) in [6.07, 6.45) is 0. The Kier molecular flexibility index (Phi) is 4.35. The van der Waals surface area contributed by atoms with E-state index in [9.17, 15) is 4.39 Å². The molecule has 0 aliphatic rings. The molecule has 94 valence electrons. The van der Waals surface area contributed by atoms with Crippen molar-refractivity contribution in [2.75, 3.05) is 0 Å². The molecule has 2 aromatic rings. The highest BCUT2D eigenvalue weighted by atomic mass is 79.9. The van der Waals surface area contributed by atoms with Gasteiger partial charge in [0.2, 0.25) is 0 Å². The predicted molar refractivity (Wildman–Crippen MR) is 74.7 cm³/mol. The number of hydrazine groups is 1. The fourth-order valence-electron chi connectivity index (χ4n) is 1.79. The standard InChI is InChI=1S/C13H11BrClFN2/c14-9-4-5-11(12(15)7-9)13(18-17)8-2-1-3-10(16)6-8/h1-7,13,18H,17H2. The quantitative estimate of drug-likeness (QED) is 0.664. The zero-order valence-electron chi connectivity index (χ0n) is 9.33. The Morgan fingerprint density at radius 3 is 2.61 bits per heavy atom. The maximum Gasteiger partial charge on any atom is 0.123 e. The second-order valence-corrected chi connectivity index (χ2v) is 5.14. The average Bonchev–Trinajstić information content (AvgIpc) is 2.33. The normalized spacial score (nSPS) is 12.4. The number of nitrogens with two attached hydrogens (primary N) is 1. The minimum absolute atomic E-state index is 0.305. The van der Waals surface area contributed by atoms with Crippen molar-refractivity contribution in [2.45, 2.75) is 6.04 Å². The van der Waals surface area contributed by atoms with Crippen LogP contribution in [0.15, 0.2) is 46.9 Å². The highest BCUT2D eigenvalue weighted by Gasteiger charge is 2.16. The molecule has 1 atom stereocenters. The molecule has 18 heavy (non-hydrogen) atoms. The highest BCUT2D eigenvalue weighted by molar-refractivity contribution is 9.10. The summed E-state index contributed by atoms with van der Waals surface area (Å²) in [5, 5.41) is 0.566. The van der Waals surface area contributed by atoms with Crippen molar-refractivity contribution in [1.29, 1.82) is 0 Å². The van der Waals surface area contributed by atoms with E-state index in [2.05, 4.69) is 21.4 Å². The molecule has 0 heterocycles. The summed E-state index contributed by atoms with van der Waals surface area (Å²) in [5.74, 6) is 5.25. The Labute approximate surface area is 118 Å². The SMILES string of the molecule is NNC(c1cccc(F)c1)c1ccc(Br)cc1Cl. The molecule has 0 aromatic heterocycles. The first-order chi connectivity index (χ1) is 8.61. The van der Waals surface area contributed by atoms with Crippen molar-refractivity contribution in [3.8, 4) is 0 Å². The summed E-state index contributed by atoms with van der Waals surface area (Å²) < 4.78 is 14.1. The van der Waals surface area contributed by atoms with Crippen LogP contribution in [0.25, 0.3) is 0 Å². The van der Waals surface area contributed by atoms with Gasteiger partial charge in [-0.3, -0.25) is 5.84 Å². The fourth-order valence-corrected chi connectivity index (χ4v) is 2.57. The molecule has 2 rings (SSSR count). The monoisotopic (exact) mass is 328 g/mol. The molecule has 0 aliphatic heterocycles. The van der Waals surface area contributed by atoms with Gasteiger partial charge in [0, 0.05) is 9.50 Å². The molecular weight excluding hydrogens is 319 g/mol. The average molecular weight is 330 g/mol. The zero-order chi connectivity index (χ0) is 13.1. The lowest BCUT2D eigenvalue weighted by Crippen LogP contribution is -2.29. The maximum absolute atomic E-state index is 13.2. The minimum atomic E-state index is -0.346. The van der Waals surface area contributed by atoms with Gasteiger partial charge in [-0.1, -0.05) is 45.7 Å². The maximum atomic E-state index is 13.2. The molecule has 0 spiro atoms. The van der Waals surface area contributed by atoms with Gasteiger partial charge < -0.3 is 0 Å². The van der Waals surface area contributed by atoms with Crippen molar-refractivity contribution >= 4 is 27.5 Å². The van der Waals surface area contributed by atoms with Crippen LogP contribution in [0, 0.1) is 5.82 Å². The summed E-state index contributed by atoms with van der Waals surface area (Å²) in [7, 11) is 0. The van der Waals surface area contributed by atoms with Crippen molar-refractivity contribution in [3.63, 3.8) is 0 Å². The third-order valence-electron chi connectivity index (χ3n) is 2.62. The smallest absolute Gasteiger partial charge is 0.123 e. The number of hydrogen-bond acceptors (Lipinski definition) is 2. The van der Waals surface area contributed by atoms with Gasteiger partial charge in [0.25, 0.3) is 0 Å². The van der Waals surface area contributed by atoms with E-state index in [0.29, 0.717) is 5.02 Å². The van der Waals surface area contributed by atoms with Crippen LogP contribution in [0.2, 0.25) is 5.02 Å². The number of benzene rings is 2. The van der Waals surface area contributed by atoms with E-state index in [1.807, 2.05) is 12.1 Å². The third kappa shape index (κ3) is 2.90. The Morgan fingerprint density at radius 1 is 1.22 bits per heavy atom. The van der Waals surface area contributed by atoms with E-state index in [1.54, 1.807) is 18.2 Å². The van der Waals surface area contributed by atoms with E-state index in [-0.39, 0.29) is 11.9 Å². The summed E-state index contributed by atoms with van der Waals surface area (Å²) in [6, 6.07) is 11.4. The molecule has 5 heteroatoms. The van der Waals surface area contributed by atoms with Crippen LogP contribution < -0.4 is 11.3 Å². The first-order valence-electron chi connectivity index (χ1n) is 5.28. The highest BCUT2D eigenvalue weighted by Crippen LogP contribution is 2.30. The molecule has 0 saturated heterocycles. The Balaban J connectivity index is 2.45. The summed E-state index contributed by atoms with van der Waals surface area (Å²) in [6.45, 7) is 0. The van der Waals surface area contributed by atoms with Crippen LogP contribution in [-0.4, -0.2) is 0 Å². The van der Waals surface area contributed by atoms with Gasteiger partial charge in [0.1, 0.15) is 5.82 Å². The van der Waals surface area contributed by atoms with Crippen LogP contribution >= 0.6 is 27.5 Å². The first kappa shape index (κ1) is 13.5. The molecule has 0 aliphatic carbocycles. The molecule has 0 radical (unpaired) electrons. The van der Waals surface area contributed by atoms with Gasteiger partial charge in [-0.2, -0.15) is 0 Å². The van der Waals surface area contributed by atoms with Crippen molar-refractivity contribution in [3.05, 3.63) is 68.9 Å². The van der Waals surface area contributed by atoms with E-state index < -0.39 is 0 Å². The Morgan fingerprint density at radius 2 is 2.00 bits per heavy atom. The van der Waals surface area contributed by atoms with Gasteiger partial charge in [0.15, 0.2) is 0 Å². The molecule has 0 fully saturated rings. The van der Waals surface area contributed by atoms with Gasteiger partial charge >= 0.3 is 0 Å². The van der Waals surface area contributed by atoms with Crippen LogP contribution in [0.5, 0.6) is 0 Å². The molecule has 3 N–H and O–H groups in total. The topological polar surface area (TPSA) is 38.0 Å². The van der Waals surface area contributed by atoms with E-state index in [1.165, 1.54) is 12.1 Å². The van der Waals surface area contributed by atoms with Gasteiger partial charge in [0.05, 0.1) is 6.04 Å². The Bertz CT molecular complexity index is 562. The third-order valence-corrected chi connectivity index (χ3v) is 3.44. The molecule has 0 saturated carbocycles. The van der Waals surface area contributed by atoms with E-state index in [0.717, 1.165) is 15.6 Å². The largest absolute Gasteiger partial charge is 0.271 e. The zero-order valence-corrected chi connectivity index (χ0v) is 11.7. The predicted octanol–water partition coefficient (Wildman–Crippen LogP) is 3.79. The second-order valence-electron chi connectivity index (χ2n) is 3.82. The molecular formula is C13H11BrClFN2. The lowest BCUT2D eigenvalue weighted by atomic mass is 9.99. The van der Waals surface area contributed by atoms with E-state index in [4.69, 9.17) is 17.4 Å². The number of hydrogen-bond donors (Lipinski definition) is 2. The molecule has 0 bridgehead atoms. The lowest BCUT2D eigenvalue weighted by Gasteiger charge is -2.18. The fraction of sp³-hybridized carbons (Fsp3) is 0.0769. The lowest BCUT2D eigenvalue weighted by molar-refractivity contribution is 0.605.